The number of hydrogen-bond donors (Lipinski definition) is 2. The largest absolute Gasteiger partial charge is 0.335 e. The fourth-order valence-electron chi connectivity index (χ4n) is 3.60. The van der Waals surface area contributed by atoms with Crippen molar-refractivity contribution < 1.29 is 9.18 Å². The number of rotatable bonds is 5. The molecule has 2 atom stereocenters. The molecule has 144 valence electrons. The van der Waals surface area contributed by atoms with Crippen molar-refractivity contribution in [2.45, 2.75) is 38.8 Å². The van der Waals surface area contributed by atoms with E-state index in [0.29, 0.717) is 6.54 Å². The van der Waals surface area contributed by atoms with Crippen molar-refractivity contribution in [1.29, 1.82) is 0 Å². The summed E-state index contributed by atoms with van der Waals surface area (Å²) in [5.41, 5.74) is 4.84. The number of carbonyl (C=O) groups excluding carboxylic acids is 1. The summed E-state index contributed by atoms with van der Waals surface area (Å²) in [7, 11) is 0. The Hall–Kier alpha value is -3.15. The van der Waals surface area contributed by atoms with E-state index in [9.17, 15) is 9.18 Å². The average Bonchev–Trinajstić information content (AvgIpc) is 3.39. The summed E-state index contributed by atoms with van der Waals surface area (Å²) in [6.45, 7) is 4.36. The minimum atomic E-state index is -0.242. The molecule has 4 rings (SSSR count). The van der Waals surface area contributed by atoms with Crippen LogP contribution in [0.2, 0.25) is 0 Å². The summed E-state index contributed by atoms with van der Waals surface area (Å²) in [4.78, 5) is 12.3. The summed E-state index contributed by atoms with van der Waals surface area (Å²) < 4.78 is 15.2. The third kappa shape index (κ3) is 3.76. The third-order valence-corrected chi connectivity index (χ3v) is 5.25. The SMILES string of the molecule is Cc1nn(-c2ccccc2)c(C)c1CNC(=O)NC1CC1c1cccc(F)c1. The Bertz CT molecular complexity index is 999. The second-order valence-corrected chi connectivity index (χ2v) is 7.23. The van der Waals surface area contributed by atoms with E-state index < -0.39 is 0 Å². The zero-order valence-corrected chi connectivity index (χ0v) is 15.9. The second-order valence-electron chi connectivity index (χ2n) is 7.23. The lowest BCUT2D eigenvalue weighted by Crippen LogP contribution is -2.37. The van der Waals surface area contributed by atoms with Gasteiger partial charge in [0.1, 0.15) is 5.82 Å². The van der Waals surface area contributed by atoms with E-state index in [1.165, 1.54) is 12.1 Å². The van der Waals surface area contributed by atoms with Crippen molar-refractivity contribution in [3.05, 3.63) is 82.9 Å². The first-order valence-electron chi connectivity index (χ1n) is 9.43. The van der Waals surface area contributed by atoms with Gasteiger partial charge < -0.3 is 10.6 Å². The second kappa shape index (κ2) is 7.46. The van der Waals surface area contributed by atoms with Gasteiger partial charge in [-0.3, -0.25) is 0 Å². The Morgan fingerprint density at radius 3 is 2.71 bits per heavy atom. The first kappa shape index (κ1) is 18.2. The van der Waals surface area contributed by atoms with Crippen LogP contribution in [0.4, 0.5) is 9.18 Å². The molecule has 2 amide bonds. The number of carbonyl (C=O) groups is 1. The van der Waals surface area contributed by atoms with E-state index >= 15 is 0 Å². The van der Waals surface area contributed by atoms with E-state index in [-0.39, 0.29) is 23.8 Å². The summed E-state index contributed by atoms with van der Waals surface area (Å²) in [5, 5.41) is 10.5. The van der Waals surface area contributed by atoms with Crippen LogP contribution in [0.15, 0.2) is 54.6 Å². The normalized spacial score (nSPS) is 18.0. The van der Waals surface area contributed by atoms with Crippen molar-refractivity contribution in [2.75, 3.05) is 0 Å². The first-order chi connectivity index (χ1) is 13.5. The quantitative estimate of drug-likeness (QED) is 0.705. The number of nitrogens with one attached hydrogen (secondary N) is 2. The molecule has 1 aliphatic carbocycles. The molecule has 0 saturated heterocycles. The van der Waals surface area contributed by atoms with Gasteiger partial charge in [0, 0.05) is 29.8 Å². The molecule has 0 radical (unpaired) electrons. The van der Waals surface area contributed by atoms with Gasteiger partial charge in [0.2, 0.25) is 0 Å². The van der Waals surface area contributed by atoms with Crippen molar-refractivity contribution in [3.8, 4) is 5.69 Å². The fourth-order valence-corrected chi connectivity index (χ4v) is 3.60. The predicted octanol–water partition coefficient (Wildman–Crippen LogP) is 3.98. The number of hydrogen-bond acceptors (Lipinski definition) is 2. The summed E-state index contributed by atoms with van der Waals surface area (Å²) in [6, 6.07) is 16.3. The van der Waals surface area contributed by atoms with Gasteiger partial charge in [0.25, 0.3) is 0 Å². The van der Waals surface area contributed by atoms with E-state index in [0.717, 1.165) is 34.6 Å². The van der Waals surface area contributed by atoms with E-state index in [1.807, 2.05) is 54.9 Å². The lowest BCUT2D eigenvalue weighted by molar-refractivity contribution is 0.240. The van der Waals surface area contributed by atoms with Crippen LogP contribution in [0.25, 0.3) is 5.69 Å². The predicted molar refractivity (Wildman–Crippen MR) is 106 cm³/mol. The Morgan fingerprint density at radius 2 is 1.96 bits per heavy atom. The van der Waals surface area contributed by atoms with E-state index in [1.54, 1.807) is 6.07 Å². The maximum absolute atomic E-state index is 13.3. The first-order valence-corrected chi connectivity index (χ1v) is 9.43. The van der Waals surface area contributed by atoms with Crippen LogP contribution in [-0.2, 0) is 6.54 Å². The molecule has 1 saturated carbocycles. The van der Waals surface area contributed by atoms with Gasteiger partial charge in [-0.25, -0.2) is 13.9 Å². The fraction of sp³-hybridized carbons (Fsp3) is 0.273. The highest BCUT2D eigenvalue weighted by Gasteiger charge is 2.39. The molecular formula is C22H23FN4O. The smallest absolute Gasteiger partial charge is 0.315 e. The number of benzene rings is 2. The van der Waals surface area contributed by atoms with E-state index in [2.05, 4.69) is 15.7 Å². The number of aryl methyl sites for hydroxylation is 1. The number of para-hydroxylation sites is 1. The molecule has 2 unspecified atom stereocenters. The standard InChI is InChI=1S/C22H23FN4O/c1-14-20(15(2)27(26-14)18-9-4-3-5-10-18)13-24-22(28)25-21-12-19(21)16-7-6-8-17(23)11-16/h3-11,19,21H,12-13H2,1-2H3,(H2,24,25,28). The Balaban J connectivity index is 1.35. The minimum Gasteiger partial charge on any atom is -0.335 e. The van der Waals surface area contributed by atoms with Crippen molar-refractivity contribution in [1.82, 2.24) is 20.4 Å². The highest BCUT2D eigenvalue weighted by Crippen LogP contribution is 2.40. The van der Waals surface area contributed by atoms with Gasteiger partial charge in [-0.05, 0) is 50.1 Å². The maximum atomic E-state index is 13.3. The molecule has 5 nitrogen and oxygen atoms in total. The highest BCUT2D eigenvalue weighted by molar-refractivity contribution is 5.75. The summed E-state index contributed by atoms with van der Waals surface area (Å²) in [5.74, 6) is -0.0558. The molecule has 6 heteroatoms. The van der Waals surface area contributed by atoms with Crippen LogP contribution in [-0.4, -0.2) is 21.9 Å². The van der Waals surface area contributed by atoms with Crippen LogP contribution in [0.3, 0.4) is 0 Å². The molecule has 1 fully saturated rings. The highest BCUT2D eigenvalue weighted by atomic mass is 19.1. The van der Waals surface area contributed by atoms with Gasteiger partial charge in [0.05, 0.1) is 11.4 Å². The molecule has 0 spiro atoms. The molecule has 28 heavy (non-hydrogen) atoms. The molecule has 2 N–H and O–H groups in total. The number of amides is 2. The molecule has 1 aromatic heterocycles. The van der Waals surface area contributed by atoms with Gasteiger partial charge in [0.15, 0.2) is 0 Å². The number of aromatic nitrogens is 2. The van der Waals surface area contributed by atoms with Crippen LogP contribution in [0.1, 0.15) is 34.9 Å². The minimum absolute atomic E-state index is 0.0519. The monoisotopic (exact) mass is 378 g/mol. The molecule has 0 bridgehead atoms. The average molecular weight is 378 g/mol. The zero-order valence-electron chi connectivity index (χ0n) is 15.9. The van der Waals surface area contributed by atoms with Crippen LogP contribution < -0.4 is 10.6 Å². The van der Waals surface area contributed by atoms with Crippen LogP contribution in [0.5, 0.6) is 0 Å². The van der Waals surface area contributed by atoms with Gasteiger partial charge in [-0.1, -0.05) is 30.3 Å². The lowest BCUT2D eigenvalue weighted by atomic mass is 10.1. The molecule has 1 aliphatic rings. The van der Waals surface area contributed by atoms with Gasteiger partial charge >= 0.3 is 6.03 Å². The molecule has 2 aromatic carbocycles. The van der Waals surface area contributed by atoms with Gasteiger partial charge in [-0.2, -0.15) is 5.10 Å². The summed E-state index contributed by atoms with van der Waals surface area (Å²) >= 11 is 0. The van der Waals surface area contributed by atoms with Gasteiger partial charge in [-0.15, -0.1) is 0 Å². The maximum Gasteiger partial charge on any atom is 0.315 e. The topological polar surface area (TPSA) is 59.0 Å². The molecule has 3 aromatic rings. The molecular weight excluding hydrogens is 355 g/mol. The van der Waals surface area contributed by atoms with Crippen LogP contribution in [0, 0.1) is 19.7 Å². The van der Waals surface area contributed by atoms with E-state index in [4.69, 9.17) is 0 Å². The zero-order chi connectivity index (χ0) is 19.7. The lowest BCUT2D eigenvalue weighted by Gasteiger charge is -2.09. The molecule has 1 heterocycles. The van der Waals surface area contributed by atoms with Crippen molar-refractivity contribution in [3.63, 3.8) is 0 Å². The number of halogens is 1. The third-order valence-electron chi connectivity index (χ3n) is 5.25. The number of urea groups is 1. The summed E-state index contributed by atoms with van der Waals surface area (Å²) in [6.07, 6.45) is 0.834. The van der Waals surface area contributed by atoms with Crippen molar-refractivity contribution >= 4 is 6.03 Å². The Morgan fingerprint density at radius 1 is 1.18 bits per heavy atom. The Kier molecular flexibility index (Phi) is 4.86. The van der Waals surface area contributed by atoms with Crippen LogP contribution >= 0.6 is 0 Å². The van der Waals surface area contributed by atoms with Crippen molar-refractivity contribution in [2.24, 2.45) is 0 Å². The number of nitrogens with zero attached hydrogens (tertiary/aromatic N) is 2. The molecule has 0 aliphatic heterocycles. The Labute approximate surface area is 163 Å².